The summed E-state index contributed by atoms with van der Waals surface area (Å²) in [6, 6.07) is 32.9. The Bertz CT molecular complexity index is 1210. The van der Waals surface area contributed by atoms with E-state index >= 15 is 0 Å². The molecule has 0 heterocycles. The standard InChI is InChI=1S/C28H25N/c1-20-9-7-13-24(17-20)29(28-16-8-12-22-10-3-6-15-27(22)28)25-18-21(2)26-14-5-4-11-23(26)19-25/h3-17,19,21H,18H2,1-2H3. The highest BCUT2D eigenvalue weighted by Gasteiger charge is 2.24. The van der Waals surface area contributed by atoms with Crippen LogP contribution in [0.4, 0.5) is 11.4 Å². The van der Waals surface area contributed by atoms with E-state index in [1.54, 1.807) is 0 Å². The highest BCUT2D eigenvalue weighted by molar-refractivity contribution is 5.97. The first-order valence-electron chi connectivity index (χ1n) is 10.3. The van der Waals surface area contributed by atoms with E-state index < -0.39 is 0 Å². The molecule has 1 atom stereocenters. The first-order valence-corrected chi connectivity index (χ1v) is 10.3. The van der Waals surface area contributed by atoms with E-state index in [2.05, 4.69) is 116 Å². The Morgan fingerprint density at radius 2 is 1.55 bits per heavy atom. The maximum atomic E-state index is 2.46. The van der Waals surface area contributed by atoms with Gasteiger partial charge in [-0.05, 0) is 65.6 Å². The van der Waals surface area contributed by atoms with Crippen molar-refractivity contribution in [3.05, 3.63) is 113 Å². The van der Waals surface area contributed by atoms with Gasteiger partial charge in [-0.2, -0.15) is 0 Å². The number of aryl methyl sites for hydroxylation is 1. The van der Waals surface area contributed by atoms with Gasteiger partial charge < -0.3 is 4.90 Å². The Hall–Kier alpha value is -3.32. The van der Waals surface area contributed by atoms with E-state index in [4.69, 9.17) is 0 Å². The third-order valence-corrected chi connectivity index (χ3v) is 5.92. The summed E-state index contributed by atoms with van der Waals surface area (Å²) in [5.41, 5.74) is 7.86. The van der Waals surface area contributed by atoms with Crippen molar-refractivity contribution in [1.82, 2.24) is 0 Å². The molecule has 4 aromatic carbocycles. The Morgan fingerprint density at radius 1 is 0.793 bits per heavy atom. The largest absolute Gasteiger partial charge is 0.314 e. The monoisotopic (exact) mass is 375 g/mol. The SMILES string of the molecule is Cc1cccc(N(C2=Cc3ccccc3C(C)C2)c2cccc3ccccc23)c1. The molecule has 1 aliphatic carbocycles. The number of hydrogen-bond donors (Lipinski definition) is 0. The van der Waals surface area contributed by atoms with E-state index in [0.29, 0.717) is 5.92 Å². The summed E-state index contributed by atoms with van der Waals surface area (Å²) in [5.74, 6) is 0.494. The van der Waals surface area contributed by atoms with Gasteiger partial charge in [-0.25, -0.2) is 0 Å². The van der Waals surface area contributed by atoms with Crippen LogP contribution >= 0.6 is 0 Å². The van der Waals surface area contributed by atoms with Gasteiger partial charge in [0.25, 0.3) is 0 Å². The van der Waals surface area contributed by atoms with Gasteiger partial charge in [-0.3, -0.25) is 0 Å². The Balaban J connectivity index is 1.75. The van der Waals surface area contributed by atoms with Gasteiger partial charge in [0.05, 0.1) is 5.69 Å². The Morgan fingerprint density at radius 3 is 2.45 bits per heavy atom. The minimum Gasteiger partial charge on any atom is -0.314 e. The van der Waals surface area contributed by atoms with Crippen molar-refractivity contribution >= 4 is 28.2 Å². The van der Waals surface area contributed by atoms with E-state index in [1.165, 1.54) is 44.5 Å². The van der Waals surface area contributed by atoms with Crippen LogP contribution in [0, 0.1) is 6.92 Å². The molecule has 1 nitrogen and oxygen atoms in total. The molecular weight excluding hydrogens is 350 g/mol. The van der Waals surface area contributed by atoms with Crippen molar-refractivity contribution in [3.8, 4) is 0 Å². The van der Waals surface area contributed by atoms with Crippen molar-refractivity contribution in [2.75, 3.05) is 4.90 Å². The lowest BCUT2D eigenvalue weighted by Crippen LogP contribution is -2.20. The third kappa shape index (κ3) is 3.23. The summed E-state index contributed by atoms with van der Waals surface area (Å²) in [6.45, 7) is 4.50. The fourth-order valence-electron chi connectivity index (χ4n) is 4.54. The number of fused-ring (bicyclic) bond motifs is 2. The lowest BCUT2D eigenvalue weighted by Gasteiger charge is -2.33. The molecule has 0 aliphatic heterocycles. The number of rotatable bonds is 3. The van der Waals surface area contributed by atoms with Crippen LogP contribution in [0.5, 0.6) is 0 Å². The molecule has 0 fully saturated rings. The van der Waals surface area contributed by atoms with E-state index in [0.717, 1.165) is 6.42 Å². The van der Waals surface area contributed by atoms with E-state index in [-0.39, 0.29) is 0 Å². The van der Waals surface area contributed by atoms with Crippen LogP contribution in [0.2, 0.25) is 0 Å². The lowest BCUT2D eigenvalue weighted by atomic mass is 9.86. The van der Waals surface area contributed by atoms with Crippen LogP contribution in [0.15, 0.2) is 96.7 Å². The van der Waals surface area contributed by atoms with Crippen LogP contribution in [-0.4, -0.2) is 0 Å². The number of anilines is 2. The van der Waals surface area contributed by atoms with E-state index in [9.17, 15) is 0 Å². The second-order valence-corrected chi connectivity index (χ2v) is 8.04. The molecular formula is C28H25N. The topological polar surface area (TPSA) is 3.24 Å². The summed E-state index contributed by atoms with van der Waals surface area (Å²) >= 11 is 0. The van der Waals surface area contributed by atoms with Gasteiger partial charge >= 0.3 is 0 Å². The lowest BCUT2D eigenvalue weighted by molar-refractivity contribution is 0.730. The zero-order valence-corrected chi connectivity index (χ0v) is 17.0. The average Bonchev–Trinajstić information content (AvgIpc) is 2.74. The van der Waals surface area contributed by atoms with Crippen molar-refractivity contribution in [2.45, 2.75) is 26.2 Å². The maximum Gasteiger partial charge on any atom is 0.0536 e. The van der Waals surface area contributed by atoms with Gasteiger partial charge in [0.2, 0.25) is 0 Å². The quantitative estimate of drug-likeness (QED) is 0.352. The van der Waals surface area contributed by atoms with Crippen molar-refractivity contribution in [3.63, 3.8) is 0 Å². The van der Waals surface area contributed by atoms with Gasteiger partial charge in [0.15, 0.2) is 0 Å². The van der Waals surface area contributed by atoms with Crippen molar-refractivity contribution < 1.29 is 0 Å². The van der Waals surface area contributed by atoms with E-state index in [1.807, 2.05) is 0 Å². The molecule has 0 saturated heterocycles. The first kappa shape index (κ1) is 17.8. The minimum atomic E-state index is 0.494. The highest BCUT2D eigenvalue weighted by Crippen LogP contribution is 2.42. The molecule has 0 bridgehead atoms. The molecule has 5 rings (SSSR count). The summed E-state index contributed by atoms with van der Waals surface area (Å²) < 4.78 is 0. The summed E-state index contributed by atoms with van der Waals surface area (Å²) in [4.78, 5) is 2.46. The number of nitrogens with zero attached hydrogens (tertiary/aromatic N) is 1. The zero-order chi connectivity index (χ0) is 19.8. The molecule has 0 spiro atoms. The molecule has 29 heavy (non-hydrogen) atoms. The fraction of sp³-hybridized carbons (Fsp3) is 0.143. The van der Waals surface area contributed by atoms with Crippen LogP contribution in [0.25, 0.3) is 16.8 Å². The molecule has 0 amide bonds. The van der Waals surface area contributed by atoms with Crippen molar-refractivity contribution in [1.29, 1.82) is 0 Å². The molecule has 0 aromatic heterocycles. The summed E-state index contributed by atoms with van der Waals surface area (Å²) in [6.07, 6.45) is 3.40. The molecule has 1 heteroatoms. The normalized spacial score (nSPS) is 15.7. The summed E-state index contributed by atoms with van der Waals surface area (Å²) in [5, 5.41) is 2.55. The highest BCUT2D eigenvalue weighted by atomic mass is 15.2. The van der Waals surface area contributed by atoms with Gasteiger partial charge in [0, 0.05) is 16.8 Å². The van der Waals surface area contributed by atoms with Gasteiger partial charge in [-0.15, -0.1) is 0 Å². The van der Waals surface area contributed by atoms with Crippen molar-refractivity contribution in [2.24, 2.45) is 0 Å². The van der Waals surface area contributed by atoms with Crippen LogP contribution in [0.3, 0.4) is 0 Å². The first-order chi connectivity index (χ1) is 14.2. The second kappa shape index (κ2) is 7.25. The average molecular weight is 376 g/mol. The van der Waals surface area contributed by atoms with Crippen LogP contribution < -0.4 is 4.90 Å². The third-order valence-electron chi connectivity index (χ3n) is 5.92. The number of allylic oxidation sites excluding steroid dienone is 1. The number of benzene rings is 4. The minimum absolute atomic E-state index is 0.494. The Kier molecular flexibility index (Phi) is 4.44. The maximum absolute atomic E-state index is 2.46. The zero-order valence-electron chi connectivity index (χ0n) is 17.0. The molecule has 1 aliphatic rings. The van der Waals surface area contributed by atoms with Crippen LogP contribution in [-0.2, 0) is 0 Å². The predicted octanol–water partition coefficient (Wildman–Crippen LogP) is 7.83. The molecule has 142 valence electrons. The molecule has 1 unspecified atom stereocenters. The van der Waals surface area contributed by atoms with Gasteiger partial charge in [0.1, 0.15) is 0 Å². The predicted molar refractivity (Wildman–Crippen MR) is 125 cm³/mol. The smallest absolute Gasteiger partial charge is 0.0536 e. The van der Waals surface area contributed by atoms with Crippen LogP contribution in [0.1, 0.15) is 36.0 Å². The fourth-order valence-corrected chi connectivity index (χ4v) is 4.54. The molecule has 0 saturated carbocycles. The molecule has 0 N–H and O–H groups in total. The molecule has 0 radical (unpaired) electrons. The number of hydrogen-bond acceptors (Lipinski definition) is 1. The van der Waals surface area contributed by atoms with Gasteiger partial charge in [-0.1, -0.05) is 79.7 Å². The Labute approximate surface area is 172 Å². The summed E-state index contributed by atoms with van der Waals surface area (Å²) in [7, 11) is 0. The molecule has 4 aromatic rings. The second-order valence-electron chi connectivity index (χ2n) is 8.04.